The van der Waals surface area contributed by atoms with Crippen molar-refractivity contribution >= 4 is 11.8 Å². The Morgan fingerprint density at radius 2 is 2.06 bits per heavy atom. The number of aromatic nitrogens is 1. The van der Waals surface area contributed by atoms with Gasteiger partial charge in [0.25, 0.3) is 5.22 Å². The van der Waals surface area contributed by atoms with Crippen molar-refractivity contribution in [2.45, 2.75) is 45.8 Å². The molecule has 0 aliphatic heterocycles. The fraction of sp³-hybridized carbons (Fsp3) is 0.769. The molecule has 1 aromatic rings. The molecule has 0 saturated carbocycles. The number of nitrogens with zero attached hydrogens (tertiary/aromatic N) is 1. The Hall–Kier alpha value is -0.480. The molecule has 0 spiro atoms. The topological polar surface area (TPSA) is 38.1 Å². The molecule has 0 saturated heterocycles. The second kappa shape index (κ2) is 7.77. The zero-order chi connectivity index (χ0) is 12.7. The van der Waals surface area contributed by atoms with Crippen LogP contribution in [0.3, 0.4) is 0 Å². The Morgan fingerprint density at radius 3 is 2.65 bits per heavy atom. The molecule has 1 N–H and O–H groups in total. The zero-order valence-electron chi connectivity index (χ0n) is 11.4. The van der Waals surface area contributed by atoms with E-state index in [1.165, 1.54) is 12.8 Å². The van der Waals surface area contributed by atoms with Gasteiger partial charge >= 0.3 is 0 Å². The second-order valence-electron chi connectivity index (χ2n) is 4.77. The first kappa shape index (κ1) is 14.6. The molecule has 0 fully saturated rings. The van der Waals surface area contributed by atoms with Gasteiger partial charge in [-0.3, -0.25) is 0 Å². The summed E-state index contributed by atoms with van der Waals surface area (Å²) in [7, 11) is 0. The van der Waals surface area contributed by atoms with Crippen LogP contribution in [-0.2, 0) is 0 Å². The van der Waals surface area contributed by atoms with E-state index < -0.39 is 0 Å². The Labute approximate surface area is 109 Å². The first-order chi connectivity index (χ1) is 8.09. The first-order valence-electron chi connectivity index (χ1n) is 6.37. The molecule has 0 aliphatic rings. The lowest BCUT2D eigenvalue weighted by Crippen LogP contribution is -2.20. The Morgan fingerprint density at radius 1 is 1.29 bits per heavy atom. The van der Waals surface area contributed by atoms with E-state index in [4.69, 9.17) is 4.42 Å². The molecule has 0 radical (unpaired) electrons. The molecule has 0 unspecified atom stereocenters. The number of unbranched alkanes of at least 4 members (excludes halogenated alkanes) is 1. The van der Waals surface area contributed by atoms with Crippen LogP contribution in [0.1, 0.15) is 38.1 Å². The Bertz CT molecular complexity index is 304. The van der Waals surface area contributed by atoms with Gasteiger partial charge in [-0.15, -0.1) is 0 Å². The third kappa shape index (κ3) is 6.13. The van der Waals surface area contributed by atoms with Crippen molar-refractivity contribution in [2.24, 2.45) is 5.92 Å². The number of thioether (sulfide) groups is 1. The molecule has 1 aromatic heterocycles. The summed E-state index contributed by atoms with van der Waals surface area (Å²) >= 11 is 1.71. The number of oxazole rings is 1. The number of nitrogens with one attached hydrogen (secondary N) is 1. The SMILES string of the molecule is Cc1nc(SCCCCNCC(C)C)oc1C. The molecule has 98 valence electrons. The van der Waals surface area contributed by atoms with Crippen molar-refractivity contribution in [2.75, 3.05) is 18.8 Å². The van der Waals surface area contributed by atoms with Crippen molar-refractivity contribution in [3.63, 3.8) is 0 Å². The highest BCUT2D eigenvalue weighted by atomic mass is 32.2. The van der Waals surface area contributed by atoms with E-state index in [1.807, 2.05) is 13.8 Å². The maximum Gasteiger partial charge on any atom is 0.256 e. The zero-order valence-corrected chi connectivity index (χ0v) is 12.2. The lowest BCUT2D eigenvalue weighted by Gasteiger charge is -2.06. The highest BCUT2D eigenvalue weighted by molar-refractivity contribution is 7.99. The van der Waals surface area contributed by atoms with E-state index in [2.05, 4.69) is 24.1 Å². The molecule has 1 rings (SSSR count). The normalized spacial score (nSPS) is 11.4. The average molecular weight is 256 g/mol. The monoisotopic (exact) mass is 256 g/mol. The fourth-order valence-corrected chi connectivity index (χ4v) is 2.32. The smallest absolute Gasteiger partial charge is 0.256 e. The number of aryl methyl sites for hydroxylation is 2. The van der Waals surface area contributed by atoms with Crippen LogP contribution in [0.4, 0.5) is 0 Å². The summed E-state index contributed by atoms with van der Waals surface area (Å²) in [5.41, 5.74) is 1.01. The Balaban J connectivity index is 2.01. The lowest BCUT2D eigenvalue weighted by molar-refractivity contribution is 0.431. The molecule has 3 nitrogen and oxygen atoms in total. The standard InChI is InChI=1S/C13H24N2OS/c1-10(2)9-14-7-5-6-8-17-13-15-11(3)12(4)16-13/h10,14H,5-9H2,1-4H3. The Kier molecular flexibility index (Phi) is 6.66. The van der Waals surface area contributed by atoms with Gasteiger partial charge < -0.3 is 9.73 Å². The van der Waals surface area contributed by atoms with Gasteiger partial charge in [-0.1, -0.05) is 25.6 Å². The first-order valence-corrected chi connectivity index (χ1v) is 7.35. The molecule has 1 heterocycles. The molecule has 4 heteroatoms. The van der Waals surface area contributed by atoms with E-state index in [9.17, 15) is 0 Å². The predicted molar refractivity (Wildman–Crippen MR) is 73.6 cm³/mol. The van der Waals surface area contributed by atoms with Gasteiger partial charge in [0, 0.05) is 5.75 Å². The second-order valence-corrected chi connectivity index (χ2v) is 5.82. The van der Waals surface area contributed by atoms with Gasteiger partial charge in [0.15, 0.2) is 0 Å². The van der Waals surface area contributed by atoms with E-state index in [1.54, 1.807) is 11.8 Å². The van der Waals surface area contributed by atoms with Crippen LogP contribution in [0.15, 0.2) is 9.64 Å². The van der Waals surface area contributed by atoms with Gasteiger partial charge in [0.2, 0.25) is 0 Å². The van der Waals surface area contributed by atoms with Crippen molar-refractivity contribution < 1.29 is 4.42 Å². The predicted octanol–water partition coefficient (Wildman–Crippen LogP) is 3.41. The largest absolute Gasteiger partial charge is 0.437 e. The maximum atomic E-state index is 5.51. The highest BCUT2D eigenvalue weighted by Crippen LogP contribution is 2.20. The summed E-state index contributed by atoms with van der Waals surface area (Å²) in [6.07, 6.45) is 2.43. The van der Waals surface area contributed by atoms with E-state index in [-0.39, 0.29) is 0 Å². The molecule has 17 heavy (non-hydrogen) atoms. The molecule has 0 atom stereocenters. The van der Waals surface area contributed by atoms with Crippen LogP contribution in [0.2, 0.25) is 0 Å². The van der Waals surface area contributed by atoms with Crippen LogP contribution >= 0.6 is 11.8 Å². The summed E-state index contributed by atoms with van der Waals surface area (Å²) in [6.45, 7) is 10.6. The van der Waals surface area contributed by atoms with Crippen LogP contribution in [0.25, 0.3) is 0 Å². The van der Waals surface area contributed by atoms with Gasteiger partial charge in [0.05, 0.1) is 5.69 Å². The van der Waals surface area contributed by atoms with E-state index >= 15 is 0 Å². The molecule has 0 amide bonds. The van der Waals surface area contributed by atoms with Crippen molar-refractivity contribution in [3.05, 3.63) is 11.5 Å². The number of rotatable bonds is 8. The molecular weight excluding hydrogens is 232 g/mol. The van der Waals surface area contributed by atoms with Crippen LogP contribution in [0, 0.1) is 19.8 Å². The number of hydrogen-bond acceptors (Lipinski definition) is 4. The quantitative estimate of drug-likeness (QED) is 0.571. The maximum absolute atomic E-state index is 5.51. The van der Waals surface area contributed by atoms with E-state index in [0.717, 1.165) is 41.4 Å². The van der Waals surface area contributed by atoms with Crippen LogP contribution in [-0.4, -0.2) is 23.8 Å². The molecular formula is C13H24N2OS. The van der Waals surface area contributed by atoms with Gasteiger partial charge in [0.1, 0.15) is 5.76 Å². The van der Waals surface area contributed by atoms with Crippen LogP contribution < -0.4 is 5.32 Å². The molecule has 0 aliphatic carbocycles. The lowest BCUT2D eigenvalue weighted by atomic mass is 10.2. The highest BCUT2D eigenvalue weighted by Gasteiger charge is 2.05. The summed E-state index contributed by atoms with van der Waals surface area (Å²) in [5.74, 6) is 2.76. The van der Waals surface area contributed by atoms with Crippen molar-refractivity contribution in [1.82, 2.24) is 10.3 Å². The van der Waals surface area contributed by atoms with E-state index in [0.29, 0.717) is 0 Å². The molecule has 0 bridgehead atoms. The average Bonchev–Trinajstić information content (AvgIpc) is 2.56. The van der Waals surface area contributed by atoms with Gasteiger partial charge in [-0.25, -0.2) is 4.98 Å². The number of hydrogen-bond donors (Lipinski definition) is 1. The van der Waals surface area contributed by atoms with Gasteiger partial charge in [-0.2, -0.15) is 0 Å². The minimum Gasteiger partial charge on any atom is -0.437 e. The molecule has 0 aromatic carbocycles. The minimum atomic E-state index is 0.739. The van der Waals surface area contributed by atoms with Crippen LogP contribution in [0.5, 0.6) is 0 Å². The summed E-state index contributed by atoms with van der Waals surface area (Å²) in [4.78, 5) is 4.35. The van der Waals surface area contributed by atoms with Gasteiger partial charge in [-0.05, 0) is 45.7 Å². The van der Waals surface area contributed by atoms with Crippen molar-refractivity contribution in [3.8, 4) is 0 Å². The third-order valence-corrected chi connectivity index (χ3v) is 3.45. The fourth-order valence-electron chi connectivity index (χ4n) is 1.41. The summed E-state index contributed by atoms with van der Waals surface area (Å²) in [5, 5.41) is 4.26. The summed E-state index contributed by atoms with van der Waals surface area (Å²) in [6, 6.07) is 0. The summed E-state index contributed by atoms with van der Waals surface area (Å²) < 4.78 is 5.51. The van der Waals surface area contributed by atoms with Crippen molar-refractivity contribution in [1.29, 1.82) is 0 Å². The minimum absolute atomic E-state index is 0.739. The third-order valence-electron chi connectivity index (χ3n) is 2.53.